The second-order valence-electron chi connectivity index (χ2n) is 6.09. The Morgan fingerprint density at radius 3 is 2.70 bits per heavy atom. The van der Waals surface area contributed by atoms with Crippen molar-refractivity contribution in [3.8, 4) is 11.3 Å². The van der Waals surface area contributed by atoms with Gasteiger partial charge in [0.1, 0.15) is 0 Å². The zero-order chi connectivity index (χ0) is 19.8. The number of primary amides is 1. The summed E-state index contributed by atoms with van der Waals surface area (Å²) in [6, 6.07) is 6.91. The molecule has 0 aliphatic heterocycles. The standard InChI is InChI=1S/C18H16BrF3N4O/c1-10-6-11(2-3-13(10)16(23)27)15-8-25-17-14(7-12(19)9-26(15)17)24-5-4-18(20,21)22/h2-3,6-9,24H,4-5H2,1H3,(H2,23,27). The lowest BCUT2D eigenvalue weighted by atomic mass is 10.0. The third-order valence-corrected chi connectivity index (χ3v) is 4.52. The van der Waals surface area contributed by atoms with Gasteiger partial charge in [0.25, 0.3) is 0 Å². The Kier molecular flexibility index (Phi) is 5.14. The Bertz CT molecular complexity index is 1010. The molecule has 3 N–H and O–H groups in total. The number of anilines is 1. The first-order valence-corrected chi connectivity index (χ1v) is 8.83. The molecule has 9 heteroatoms. The lowest BCUT2D eigenvalue weighted by molar-refractivity contribution is -0.131. The number of nitrogens with one attached hydrogen (secondary N) is 1. The molecule has 2 heterocycles. The summed E-state index contributed by atoms with van der Waals surface area (Å²) in [6.45, 7) is 1.54. The van der Waals surface area contributed by atoms with Crippen molar-refractivity contribution in [3.63, 3.8) is 0 Å². The number of aromatic nitrogens is 2. The monoisotopic (exact) mass is 440 g/mol. The average Bonchev–Trinajstić information content (AvgIpc) is 2.96. The number of halogens is 4. The third-order valence-electron chi connectivity index (χ3n) is 4.08. The Hall–Kier alpha value is -2.55. The van der Waals surface area contributed by atoms with Gasteiger partial charge in [0.2, 0.25) is 5.91 Å². The largest absolute Gasteiger partial charge is 0.390 e. The average molecular weight is 441 g/mol. The predicted molar refractivity (Wildman–Crippen MR) is 101 cm³/mol. The Morgan fingerprint density at radius 1 is 1.33 bits per heavy atom. The van der Waals surface area contributed by atoms with Crippen molar-refractivity contribution in [1.29, 1.82) is 0 Å². The van der Waals surface area contributed by atoms with Crippen LogP contribution < -0.4 is 11.1 Å². The number of nitrogens with zero attached hydrogens (tertiary/aromatic N) is 2. The van der Waals surface area contributed by atoms with Gasteiger partial charge in [0.05, 0.1) is 24.0 Å². The molecule has 1 aromatic carbocycles. The molecule has 0 aliphatic carbocycles. The molecule has 5 nitrogen and oxygen atoms in total. The molecule has 0 atom stereocenters. The molecular formula is C18H16BrF3N4O. The van der Waals surface area contributed by atoms with Crippen molar-refractivity contribution < 1.29 is 18.0 Å². The fourth-order valence-corrected chi connectivity index (χ4v) is 3.27. The summed E-state index contributed by atoms with van der Waals surface area (Å²) in [5, 5.41) is 2.79. The second kappa shape index (κ2) is 7.22. The molecule has 3 aromatic rings. The number of hydrogen-bond acceptors (Lipinski definition) is 3. The molecule has 0 fully saturated rings. The van der Waals surface area contributed by atoms with E-state index in [2.05, 4.69) is 26.2 Å². The normalized spacial score (nSPS) is 11.7. The molecule has 142 valence electrons. The highest BCUT2D eigenvalue weighted by Crippen LogP contribution is 2.29. The summed E-state index contributed by atoms with van der Waals surface area (Å²) < 4.78 is 39.7. The number of aryl methyl sites for hydroxylation is 1. The van der Waals surface area contributed by atoms with Gasteiger partial charge >= 0.3 is 6.18 Å². The fourth-order valence-electron chi connectivity index (χ4n) is 2.84. The minimum Gasteiger partial charge on any atom is -0.382 e. The smallest absolute Gasteiger partial charge is 0.382 e. The van der Waals surface area contributed by atoms with Gasteiger partial charge in [-0.15, -0.1) is 0 Å². The van der Waals surface area contributed by atoms with Gasteiger partial charge in [-0.1, -0.05) is 6.07 Å². The van der Waals surface area contributed by atoms with Crippen molar-refractivity contribution in [2.75, 3.05) is 11.9 Å². The number of alkyl halides is 3. The first kappa shape index (κ1) is 19.2. The minimum atomic E-state index is -4.23. The first-order chi connectivity index (χ1) is 12.7. The summed E-state index contributed by atoms with van der Waals surface area (Å²) >= 11 is 3.38. The van der Waals surface area contributed by atoms with E-state index in [1.807, 2.05) is 6.07 Å². The quantitative estimate of drug-likeness (QED) is 0.611. The number of carbonyl (C=O) groups excluding carboxylic acids is 1. The van der Waals surface area contributed by atoms with E-state index in [1.165, 1.54) is 0 Å². The molecule has 2 aromatic heterocycles. The third kappa shape index (κ3) is 4.24. The van der Waals surface area contributed by atoms with Gasteiger partial charge in [0, 0.05) is 28.3 Å². The van der Waals surface area contributed by atoms with Gasteiger partial charge in [-0.2, -0.15) is 13.2 Å². The van der Waals surface area contributed by atoms with Gasteiger partial charge < -0.3 is 11.1 Å². The molecule has 0 saturated heterocycles. The van der Waals surface area contributed by atoms with E-state index >= 15 is 0 Å². The Labute approximate surface area is 161 Å². The van der Waals surface area contributed by atoms with E-state index in [0.717, 1.165) is 16.8 Å². The summed E-state index contributed by atoms with van der Waals surface area (Å²) in [7, 11) is 0. The maximum Gasteiger partial charge on any atom is 0.390 e. The summed E-state index contributed by atoms with van der Waals surface area (Å²) in [4.78, 5) is 15.7. The maximum atomic E-state index is 12.4. The number of fused-ring (bicyclic) bond motifs is 1. The molecule has 0 aliphatic rings. The first-order valence-electron chi connectivity index (χ1n) is 8.04. The number of nitrogens with two attached hydrogens (primary N) is 1. The summed E-state index contributed by atoms with van der Waals surface area (Å²) in [6.07, 6.45) is -1.75. The number of rotatable bonds is 5. The van der Waals surface area contributed by atoms with E-state index in [-0.39, 0.29) is 6.54 Å². The molecule has 3 rings (SSSR count). The molecule has 27 heavy (non-hydrogen) atoms. The number of imidazole rings is 1. The number of benzene rings is 1. The van der Waals surface area contributed by atoms with E-state index in [9.17, 15) is 18.0 Å². The number of amides is 1. The molecule has 0 unspecified atom stereocenters. The second-order valence-corrected chi connectivity index (χ2v) is 7.01. The SMILES string of the molecule is Cc1cc(-c2cnc3c(NCCC(F)(F)F)cc(Br)cn23)ccc1C(N)=O. The van der Waals surface area contributed by atoms with Gasteiger partial charge in [-0.25, -0.2) is 4.98 Å². The van der Waals surface area contributed by atoms with Crippen LogP contribution in [0.1, 0.15) is 22.3 Å². The predicted octanol–water partition coefficient (Wildman–Crippen LogP) is 4.54. The van der Waals surface area contributed by atoms with E-state index in [0.29, 0.717) is 21.4 Å². The van der Waals surface area contributed by atoms with Crippen LogP contribution in [-0.4, -0.2) is 28.0 Å². The van der Waals surface area contributed by atoms with E-state index in [1.54, 1.807) is 41.9 Å². The highest BCUT2D eigenvalue weighted by molar-refractivity contribution is 9.10. The highest BCUT2D eigenvalue weighted by Gasteiger charge is 2.26. The van der Waals surface area contributed by atoms with Crippen LogP contribution in [-0.2, 0) is 0 Å². The number of pyridine rings is 1. The van der Waals surface area contributed by atoms with Gasteiger partial charge in [-0.05, 0) is 46.6 Å². The molecular weight excluding hydrogens is 425 g/mol. The van der Waals surface area contributed by atoms with Crippen LogP contribution in [0.15, 0.2) is 41.1 Å². The molecule has 0 saturated carbocycles. The van der Waals surface area contributed by atoms with E-state index < -0.39 is 18.5 Å². The maximum absolute atomic E-state index is 12.4. The Balaban J connectivity index is 1.99. The van der Waals surface area contributed by atoms with Crippen molar-refractivity contribution >= 4 is 33.2 Å². The molecule has 0 bridgehead atoms. The van der Waals surface area contributed by atoms with E-state index in [4.69, 9.17) is 5.73 Å². The number of carbonyl (C=O) groups is 1. The zero-order valence-electron chi connectivity index (χ0n) is 14.3. The van der Waals surface area contributed by atoms with Crippen LogP contribution in [0.25, 0.3) is 16.9 Å². The topological polar surface area (TPSA) is 72.4 Å². The minimum absolute atomic E-state index is 0.246. The van der Waals surface area contributed by atoms with Crippen LogP contribution in [0.5, 0.6) is 0 Å². The fraction of sp³-hybridized carbons (Fsp3) is 0.222. The van der Waals surface area contributed by atoms with Crippen molar-refractivity contribution in [2.45, 2.75) is 19.5 Å². The lowest BCUT2D eigenvalue weighted by Crippen LogP contribution is -2.15. The summed E-state index contributed by atoms with van der Waals surface area (Å²) in [5.74, 6) is -0.504. The van der Waals surface area contributed by atoms with Crippen LogP contribution in [0.2, 0.25) is 0 Å². The molecule has 0 spiro atoms. The van der Waals surface area contributed by atoms with Crippen LogP contribution in [0.3, 0.4) is 0 Å². The van der Waals surface area contributed by atoms with Gasteiger partial charge in [0.15, 0.2) is 5.65 Å². The van der Waals surface area contributed by atoms with Crippen molar-refractivity contribution in [1.82, 2.24) is 9.38 Å². The molecule has 0 radical (unpaired) electrons. The highest BCUT2D eigenvalue weighted by atomic mass is 79.9. The van der Waals surface area contributed by atoms with Crippen LogP contribution in [0.4, 0.5) is 18.9 Å². The van der Waals surface area contributed by atoms with Crippen LogP contribution in [0, 0.1) is 6.92 Å². The molecule has 1 amide bonds. The zero-order valence-corrected chi connectivity index (χ0v) is 15.9. The van der Waals surface area contributed by atoms with Crippen LogP contribution >= 0.6 is 15.9 Å². The van der Waals surface area contributed by atoms with Crippen molar-refractivity contribution in [3.05, 3.63) is 52.3 Å². The Morgan fingerprint density at radius 2 is 2.07 bits per heavy atom. The van der Waals surface area contributed by atoms with Gasteiger partial charge in [-0.3, -0.25) is 9.20 Å². The number of hydrogen-bond donors (Lipinski definition) is 2. The van der Waals surface area contributed by atoms with Crippen molar-refractivity contribution in [2.24, 2.45) is 5.73 Å². The lowest BCUT2D eigenvalue weighted by Gasteiger charge is -2.11. The summed E-state index contributed by atoms with van der Waals surface area (Å²) in [5.41, 5.74) is 9.05.